The second-order valence-corrected chi connectivity index (χ2v) is 11.0. The first kappa shape index (κ1) is 25.6. The van der Waals surface area contributed by atoms with Crippen molar-refractivity contribution in [3.05, 3.63) is 66.2 Å². The Balaban J connectivity index is 1.73. The van der Waals surface area contributed by atoms with E-state index in [9.17, 15) is 13.2 Å². The molecule has 6 nitrogen and oxygen atoms in total. The van der Waals surface area contributed by atoms with Gasteiger partial charge in [0.2, 0.25) is 10.0 Å². The fourth-order valence-electron chi connectivity index (χ4n) is 4.69. The molecule has 1 heterocycles. The third-order valence-corrected chi connectivity index (χ3v) is 8.53. The number of likely N-dealkylation sites (N-methyl/N-ethyl adjacent to an activating group) is 1. The van der Waals surface area contributed by atoms with Crippen molar-refractivity contribution in [1.82, 2.24) is 14.5 Å². The van der Waals surface area contributed by atoms with Gasteiger partial charge in [-0.3, -0.25) is 9.69 Å². The maximum Gasteiger partial charge on any atom is 0.242 e. The summed E-state index contributed by atoms with van der Waals surface area (Å²) in [5.41, 5.74) is 1.14. The van der Waals surface area contributed by atoms with E-state index in [0.29, 0.717) is 11.4 Å². The number of carbonyl (C=O) groups is 1. The van der Waals surface area contributed by atoms with Crippen LogP contribution in [0.1, 0.15) is 44.6 Å². The number of likely N-dealkylation sites (tertiary alicyclic amines) is 1. The Kier molecular flexibility index (Phi) is 9.20. The van der Waals surface area contributed by atoms with Gasteiger partial charge in [-0.05, 0) is 56.3 Å². The predicted octanol–water partition coefficient (Wildman–Crippen LogP) is 3.72. The maximum atomic E-state index is 13.1. The van der Waals surface area contributed by atoms with E-state index in [0.717, 1.165) is 44.5 Å². The van der Waals surface area contributed by atoms with Crippen molar-refractivity contribution in [3.8, 4) is 0 Å². The topological polar surface area (TPSA) is 69.7 Å². The fourth-order valence-corrected chi connectivity index (χ4v) is 5.93. The fraction of sp³-hybridized carbons (Fsp3) is 0.500. The van der Waals surface area contributed by atoms with Crippen LogP contribution in [0.3, 0.4) is 0 Å². The van der Waals surface area contributed by atoms with Gasteiger partial charge in [-0.1, -0.05) is 55.5 Å². The number of ketones is 1. The molecule has 2 aromatic carbocycles. The Hall–Kier alpha value is -2.06. The van der Waals surface area contributed by atoms with E-state index in [-0.39, 0.29) is 23.8 Å². The molecule has 7 heteroatoms. The van der Waals surface area contributed by atoms with Crippen LogP contribution in [0.15, 0.2) is 65.6 Å². The summed E-state index contributed by atoms with van der Waals surface area (Å²) < 4.78 is 27.7. The Bertz CT molecular complexity index is 982. The molecule has 1 N–H and O–H groups in total. The van der Waals surface area contributed by atoms with Gasteiger partial charge in [0.15, 0.2) is 0 Å². The summed E-state index contributed by atoms with van der Waals surface area (Å²) in [4.78, 5) is 14.7. The van der Waals surface area contributed by atoms with Gasteiger partial charge < -0.3 is 5.32 Å². The molecule has 0 saturated carbocycles. The predicted molar refractivity (Wildman–Crippen MR) is 133 cm³/mol. The number of carbonyl (C=O) groups excluding carboxylic acids is 1. The SMILES string of the molecule is CCNC1CC(C(C)=O)CCN1CCC(CN(C)S(=O)(=O)c1ccccc1)c1ccccc1. The first-order chi connectivity index (χ1) is 15.8. The molecule has 0 aliphatic carbocycles. The zero-order valence-electron chi connectivity index (χ0n) is 20.0. The Labute approximate surface area is 199 Å². The number of rotatable bonds is 11. The maximum absolute atomic E-state index is 13.1. The third-order valence-electron chi connectivity index (χ3n) is 6.69. The molecule has 2 aromatic rings. The highest BCUT2D eigenvalue weighted by Gasteiger charge is 2.31. The minimum absolute atomic E-state index is 0.0718. The Morgan fingerprint density at radius 1 is 1.12 bits per heavy atom. The smallest absolute Gasteiger partial charge is 0.242 e. The van der Waals surface area contributed by atoms with Crippen LogP contribution in [0.25, 0.3) is 0 Å². The summed E-state index contributed by atoms with van der Waals surface area (Å²) in [5, 5.41) is 3.54. The summed E-state index contributed by atoms with van der Waals surface area (Å²) >= 11 is 0. The highest BCUT2D eigenvalue weighted by atomic mass is 32.2. The van der Waals surface area contributed by atoms with Crippen LogP contribution < -0.4 is 5.32 Å². The monoisotopic (exact) mass is 471 g/mol. The van der Waals surface area contributed by atoms with E-state index < -0.39 is 10.0 Å². The van der Waals surface area contributed by atoms with Gasteiger partial charge in [-0.25, -0.2) is 12.7 Å². The van der Waals surface area contributed by atoms with Crippen molar-refractivity contribution in [2.75, 3.05) is 33.2 Å². The van der Waals surface area contributed by atoms with Crippen molar-refractivity contribution in [2.24, 2.45) is 5.92 Å². The molecular weight excluding hydrogens is 434 g/mol. The quantitative estimate of drug-likeness (QED) is 0.541. The molecule has 3 atom stereocenters. The van der Waals surface area contributed by atoms with E-state index in [1.807, 2.05) is 24.3 Å². The Morgan fingerprint density at radius 3 is 2.36 bits per heavy atom. The zero-order chi connectivity index (χ0) is 23.8. The molecule has 1 aliphatic rings. The lowest BCUT2D eigenvalue weighted by molar-refractivity contribution is -0.123. The van der Waals surface area contributed by atoms with Crippen molar-refractivity contribution >= 4 is 15.8 Å². The van der Waals surface area contributed by atoms with Crippen molar-refractivity contribution < 1.29 is 13.2 Å². The number of sulfonamides is 1. The Morgan fingerprint density at radius 2 is 1.76 bits per heavy atom. The molecule has 180 valence electrons. The van der Waals surface area contributed by atoms with Gasteiger partial charge in [0.05, 0.1) is 11.1 Å². The van der Waals surface area contributed by atoms with Gasteiger partial charge in [-0.2, -0.15) is 0 Å². The van der Waals surface area contributed by atoms with Crippen LogP contribution in [0.4, 0.5) is 0 Å². The van der Waals surface area contributed by atoms with E-state index in [1.165, 1.54) is 4.31 Å². The van der Waals surface area contributed by atoms with Crippen LogP contribution in [0, 0.1) is 5.92 Å². The number of Topliss-reactive ketones (excluding diaryl/α,β-unsaturated/α-hetero) is 1. The van der Waals surface area contributed by atoms with Crippen LogP contribution in [0.2, 0.25) is 0 Å². The minimum atomic E-state index is -3.55. The highest BCUT2D eigenvalue weighted by molar-refractivity contribution is 7.89. The lowest BCUT2D eigenvalue weighted by atomic mass is 9.90. The van der Waals surface area contributed by atoms with Crippen LogP contribution in [-0.4, -0.2) is 62.8 Å². The number of hydrogen-bond acceptors (Lipinski definition) is 5. The lowest BCUT2D eigenvalue weighted by Gasteiger charge is -2.40. The van der Waals surface area contributed by atoms with E-state index >= 15 is 0 Å². The molecule has 0 aromatic heterocycles. The largest absolute Gasteiger partial charge is 0.302 e. The number of nitrogens with zero attached hydrogens (tertiary/aromatic N) is 2. The number of hydrogen-bond donors (Lipinski definition) is 1. The summed E-state index contributed by atoms with van der Waals surface area (Å²) in [5.74, 6) is 0.465. The first-order valence-corrected chi connectivity index (χ1v) is 13.3. The van der Waals surface area contributed by atoms with Gasteiger partial charge in [-0.15, -0.1) is 0 Å². The minimum Gasteiger partial charge on any atom is -0.302 e. The molecule has 0 amide bonds. The molecule has 0 radical (unpaired) electrons. The third kappa shape index (κ3) is 6.73. The average molecular weight is 472 g/mol. The second kappa shape index (κ2) is 11.9. The van der Waals surface area contributed by atoms with E-state index in [4.69, 9.17) is 0 Å². The van der Waals surface area contributed by atoms with Crippen LogP contribution in [0.5, 0.6) is 0 Å². The molecule has 0 bridgehead atoms. The van der Waals surface area contributed by atoms with Crippen molar-refractivity contribution in [2.45, 2.75) is 50.1 Å². The van der Waals surface area contributed by atoms with E-state index in [1.54, 1.807) is 38.2 Å². The summed E-state index contributed by atoms with van der Waals surface area (Å²) in [6.45, 7) is 6.77. The van der Waals surface area contributed by atoms with Gasteiger partial charge >= 0.3 is 0 Å². The van der Waals surface area contributed by atoms with Crippen molar-refractivity contribution in [1.29, 1.82) is 0 Å². The zero-order valence-corrected chi connectivity index (χ0v) is 20.8. The molecule has 1 aliphatic heterocycles. The average Bonchev–Trinajstić information content (AvgIpc) is 2.83. The second-order valence-electron chi connectivity index (χ2n) is 8.94. The summed E-state index contributed by atoms with van der Waals surface area (Å²) in [6.07, 6.45) is 2.74. The van der Waals surface area contributed by atoms with Crippen LogP contribution in [-0.2, 0) is 14.8 Å². The number of nitrogens with one attached hydrogen (secondary N) is 1. The summed E-state index contributed by atoms with van der Waals surface area (Å²) in [7, 11) is -1.89. The highest BCUT2D eigenvalue weighted by Crippen LogP contribution is 2.27. The van der Waals surface area contributed by atoms with Gasteiger partial charge in [0.1, 0.15) is 5.78 Å². The normalized spacial score (nSPS) is 20.6. The lowest BCUT2D eigenvalue weighted by Crippen LogP contribution is -2.52. The standard InChI is InChI=1S/C26H37N3O3S/c1-4-27-26-19-23(21(2)30)15-17-29(26)18-16-24(22-11-7-5-8-12-22)20-28(3)33(31,32)25-13-9-6-10-14-25/h5-14,23-24,26-27H,4,15-20H2,1-3H3. The molecule has 3 unspecified atom stereocenters. The molecule has 0 spiro atoms. The number of benzene rings is 2. The van der Waals surface area contributed by atoms with Crippen LogP contribution >= 0.6 is 0 Å². The first-order valence-electron chi connectivity index (χ1n) is 11.9. The van der Waals surface area contributed by atoms with Gasteiger partial charge in [0, 0.05) is 32.6 Å². The number of piperidine rings is 1. The summed E-state index contributed by atoms with van der Waals surface area (Å²) in [6, 6.07) is 18.8. The van der Waals surface area contributed by atoms with Gasteiger partial charge in [0.25, 0.3) is 0 Å². The molecule has 33 heavy (non-hydrogen) atoms. The molecule has 1 fully saturated rings. The molecule has 3 rings (SSSR count). The van der Waals surface area contributed by atoms with E-state index in [2.05, 4.69) is 29.3 Å². The molecule has 1 saturated heterocycles. The van der Waals surface area contributed by atoms with Crippen molar-refractivity contribution in [3.63, 3.8) is 0 Å². The molecular formula is C26H37N3O3S.